The largest absolute Gasteiger partial charge is 0.298 e. The van der Waals surface area contributed by atoms with E-state index in [0.717, 1.165) is 25.3 Å². The Balaban J connectivity index is 1.46. The molecule has 7 heteroatoms. The molecular formula is C20H28N4O2S. The molecule has 2 atom stereocenters. The van der Waals surface area contributed by atoms with Gasteiger partial charge in [0.2, 0.25) is 10.0 Å². The second-order valence-corrected chi connectivity index (χ2v) is 9.71. The third kappa shape index (κ3) is 3.32. The summed E-state index contributed by atoms with van der Waals surface area (Å²) in [6.45, 7) is 10.4. The molecule has 2 aromatic rings. The summed E-state index contributed by atoms with van der Waals surface area (Å²) in [4.78, 5) is 2.87. The van der Waals surface area contributed by atoms with E-state index >= 15 is 0 Å². The van der Waals surface area contributed by atoms with Crippen molar-refractivity contribution >= 4 is 10.0 Å². The van der Waals surface area contributed by atoms with Gasteiger partial charge in [0.25, 0.3) is 0 Å². The van der Waals surface area contributed by atoms with Crippen molar-refractivity contribution < 1.29 is 8.42 Å². The number of nitrogens with zero attached hydrogens (tertiary/aromatic N) is 4. The Hall–Kier alpha value is -1.70. The molecule has 0 spiro atoms. The molecule has 2 aliphatic rings. The highest BCUT2D eigenvalue weighted by Crippen LogP contribution is 2.36. The highest BCUT2D eigenvalue weighted by Gasteiger charge is 2.45. The minimum atomic E-state index is -3.48. The van der Waals surface area contributed by atoms with Crippen LogP contribution in [0, 0.1) is 25.7 Å². The van der Waals surface area contributed by atoms with Crippen molar-refractivity contribution in [3.63, 3.8) is 0 Å². The maximum absolute atomic E-state index is 13.3. The van der Waals surface area contributed by atoms with Gasteiger partial charge in [0, 0.05) is 39.3 Å². The topological polar surface area (TPSA) is 58.4 Å². The Morgan fingerprint density at radius 1 is 1.04 bits per heavy atom. The Labute approximate surface area is 161 Å². The number of hydrogen-bond acceptors (Lipinski definition) is 4. The number of aryl methyl sites for hydroxylation is 2. The Morgan fingerprint density at radius 3 is 2.22 bits per heavy atom. The van der Waals surface area contributed by atoms with E-state index in [1.807, 2.05) is 19.9 Å². The number of aromatic nitrogens is 2. The van der Waals surface area contributed by atoms with Crippen molar-refractivity contribution in [2.24, 2.45) is 11.8 Å². The van der Waals surface area contributed by atoms with E-state index in [4.69, 9.17) is 0 Å². The average molecular weight is 389 g/mol. The van der Waals surface area contributed by atoms with E-state index in [1.165, 1.54) is 5.56 Å². The Morgan fingerprint density at radius 2 is 1.67 bits per heavy atom. The van der Waals surface area contributed by atoms with Crippen LogP contribution < -0.4 is 0 Å². The minimum Gasteiger partial charge on any atom is -0.298 e. The summed E-state index contributed by atoms with van der Waals surface area (Å²) in [7, 11) is -3.48. The van der Waals surface area contributed by atoms with Gasteiger partial charge in [-0.15, -0.1) is 0 Å². The predicted molar refractivity (Wildman–Crippen MR) is 105 cm³/mol. The summed E-state index contributed by atoms with van der Waals surface area (Å²) in [6, 6.07) is 10.5. The summed E-state index contributed by atoms with van der Waals surface area (Å²) in [5, 5.41) is 4.40. The average Bonchev–Trinajstić information content (AvgIpc) is 3.27. The third-order valence-electron chi connectivity index (χ3n) is 5.99. The van der Waals surface area contributed by atoms with E-state index in [0.29, 0.717) is 42.1 Å². The molecule has 0 amide bonds. The molecule has 2 aliphatic heterocycles. The van der Waals surface area contributed by atoms with Crippen LogP contribution in [-0.4, -0.2) is 53.6 Å². The van der Waals surface area contributed by atoms with Gasteiger partial charge in [-0.3, -0.25) is 9.58 Å². The zero-order valence-corrected chi connectivity index (χ0v) is 17.1. The number of sulfonamides is 1. The van der Waals surface area contributed by atoms with Gasteiger partial charge in [-0.05, 0) is 38.2 Å². The molecule has 0 unspecified atom stereocenters. The van der Waals surface area contributed by atoms with Gasteiger partial charge in [0.1, 0.15) is 4.90 Å². The molecule has 0 bridgehead atoms. The van der Waals surface area contributed by atoms with Gasteiger partial charge in [-0.2, -0.15) is 9.40 Å². The standard InChI is InChI=1S/C20H28N4O2S/c1-4-24-16(3)20(15(2)21-24)27(25,26)23-13-18-11-22(12-19(18)14-23)10-17-8-6-5-7-9-17/h5-9,18-19H,4,10-14H2,1-3H3/t18-,19+. The number of hydrogen-bond donors (Lipinski definition) is 0. The molecular weight excluding hydrogens is 360 g/mol. The highest BCUT2D eigenvalue weighted by molar-refractivity contribution is 7.89. The van der Waals surface area contributed by atoms with Crippen molar-refractivity contribution in [2.45, 2.75) is 38.8 Å². The molecule has 2 fully saturated rings. The smallest absolute Gasteiger partial charge is 0.246 e. The summed E-state index contributed by atoms with van der Waals surface area (Å²) in [6.07, 6.45) is 0. The normalized spacial score (nSPS) is 23.8. The van der Waals surface area contributed by atoms with Gasteiger partial charge in [0.15, 0.2) is 0 Å². The summed E-state index contributed by atoms with van der Waals surface area (Å²) < 4.78 is 30.0. The molecule has 1 aromatic carbocycles. The molecule has 1 aromatic heterocycles. The molecule has 0 aliphatic carbocycles. The lowest BCUT2D eigenvalue weighted by molar-refractivity contribution is 0.289. The lowest BCUT2D eigenvalue weighted by Gasteiger charge is -2.21. The van der Waals surface area contributed by atoms with Crippen molar-refractivity contribution in [1.82, 2.24) is 19.0 Å². The lowest BCUT2D eigenvalue weighted by Crippen LogP contribution is -2.33. The molecule has 27 heavy (non-hydrogen) atoms. The Bertz CT molecular complexity index is 909. The van der Waals surface area contributed by atoms with E-state index in [9.17, 15) is 8.42 Å². The molecule has 4 rings (SSSR count). The summed E-state index contributed by atoms with van der Waals surface area (Å²) in [5.41, 5.74) is 2.68. The van der Waals surface area contributed by atoms with E-state index in [-0.39, 0.29) is 0 Å². The monoisotopic (exact) mass is 388 g/mol. The molecule has 2 saturated heterocycles. The second-order valence-electron chi connectivity index (χ2n) is 7.84. The van der Waals surface area contributed by atoms with E-state index in [2.05, 4.69) is 34.3 Å². The zero-order valence-electron chi connectivity index (χ0n) is 16.3. The quantitative estimate of drug-likeness (QED) is 0.788. The highest BCUT2D eigenvalue weighted by atomic mass is 32.2. The van der Waals surface area contributed by atoms with Crippen molar-refractivity contribution in [2.75, 3.05) is 26.2 Å². The maximum Gasteiger partial charge on any atom is 0.246 e. The second kappa shape index (κ2) is 7.04. The SMILES string of the molecule is CCn1nc(C)c(S(=O)(=O)N2C[C@H]3CN(Cc4ccccc4)C[C@H]3C2)c1C. The summed E-state index contributed by atoms with van der Waals surface area (Å²) in [5.74, 6) is 0.843. The molecule has 3 heterocycles. The van der Waals surface area contributed by atoms with Gasteiger partial charge in [-0.25, -0.2) is 8.42 Å². The first-order chi connectivity index (χ1) is 12.9. The Kier molecular flexibility index (Phi) is 4.86. The van der Waals surface area contributed by atoms with E-state index in [1.54, 1.807) is 15.9 Å². The number of rotatable bonds is 5. The van der Waals surface area contributed by atoms with Crippen LogP contribution >= 0.6 is 0 Å². The van der Waals surface area contributed by atoms with Crippen LogP contribution in [0.15, 0.2) is 35.2 Å². The van der Waals surface area contributed by atoms with Crippen LogP contribution in [0.2, 0.25) is 0 Å². The summed E-state index contributed by atoms with van der Waals surface area (Å²) >= 11 is 0. The first-order valence-corrected chi connectivity index (χ1v) is 11.1. The maximum atomic E-state index is 13.3. The molecule has 6 nitrogen and oxygen atoms in total. The van der Waals surface area contributed by atoms with Crippen LogP contribution in [0.3, 0.4) is 0 Å². The zero-order chi connectivity index (χ0) is 19.2. The van der Waals surface area contributed by atoms with Crippen LogP contribution in [0.25, 0.3) is 0 Å². The van der Waals surface area contributed by atoms with Crippen LogP contribution in [0.4, 0.5) is 0 Å². The first-order valence-electron chi connectivity index (χ1n) is 9.70. The van der Waals surface area contributed by atoms with Crippen LogP contribution in [-0.2, 0) is 23.1 Å². The van der Waals surface area contributed by atoms with Crippen LogP contribution in [0.1, 0.15) is 23.9 Å². The fourth-order valence-electron chi connectivity index (χ4n) is 4.71. The van der Waals surface area contributed by atoms with Gasteiger partial charge in [0.05, 0.1) is 11.4 Å². The fraction of sp³-hybridized carbons (Fsp3) is 0.550. The minimum absolute atomic E-state index is 0.408. The van der Waals surface area contributed by atoms with Crippen LogP contribution in [0.5, 0.6) is 0 Å². The molecule has 0 N–H and O–H groups in total. The van der Waals surface area contributed by atoms with Crippen molar-refractivity contribution in [3.8, 4) is 0 Å². The third-order valence-corrected chi connectivity index (χ3v) is 8.07. The fourth-order valence-corrected chi connectivity index (χ4v) is 6.63. The van der Waals surface area contributed by atoms with E-state index < -0.39 is 10.0 Å². The number of benzene rings is 1. The predicted octanol–water partition coefficient (Wildman–Crippen LogP) is 2.27. The molecule has 146 valence electrons. The number of likely N-dealkylation sites (tertiary alicyclic amines) is 1. The van der Waals surface area contributed by atoms with Crippen molar-refractivity contribution in [1.29, 1.82) is 0 Å². The first kappa shape index (κ1) is 18.7. The number of fused-ring (bicyclic) bond motifs is 1. The van der Waals surface area contributed by atoms with Gasteiger partial charge < -0.3 is 0 Å². The molecule has 0 radical (unpaired) electrons. The van der Waals surface area contributed by atoms with Gasteiger partial charge in [-0.1, -0.05) is 30.3 Å². The van der Waals surface area contributed by atoms with Gasteiger partial charge >= 0.3 is 0 Å². The lowest BCUT2D eigenvalue weighted by atomic mass is 10.0. The molecule has 0 saturated carbocycles. The van der Waals surface area contributed by atoms with Crippen molar-refractivity contribution in [3.05, 3.63) is 47.3 Å².